The van der Waals surface area contributed by atoms with Crippen LogP contribution in [0.3, 0.4) is 0 Å². The highest BCUT2D eigenvalue weighted by Crippen LogP contribution is 2.36. The minimum Gasteiger partial charge on any atom is -0.394 e. The third-order valence-electron chi connectivity index (χ3n) is 16.7. The minimum absolute atomic E-state index is 0.0566. The van der Waals surface area contributed by atoms with Crippen molar-refractivity contribution in [3.63, 3.8) is 0 Å². The molecule has 8 heterocycles. The van der Waals surface area contributed by atoms with E-state index in [0.717, 1.165) is 5.56 Å². The van der Waals surface area contributed by atoms with Crippen LogP contribution in [0.4, 0.5) is 0 Å². The first-order chi connectivity index (χ1) is 43.6. The van der Waals surface area contributed by atoms with E-state index in [9.17, 15) is 77.6 Å². The molecule has 92 heavy (non-hydrogen) atoms. The van der Waals surface area contributed by atoms with Crippen LogP contribution in [0.15, 0.2) is 30.3 Å². The summed E-state index contributed by atoms with van der Waals surface area (Å²) in [6.45, 7) is -4.70. The van der Waals surface area contributed by atoms with Crippen LogP contribution in [0.25, 0.3) is 0 Å². The zero-order chi connectivity index (χ0) is 66.5. The highest BCUT2D eigenvalue weighted by atomic mass is 32.3. The van der Waals surface area contributed by atoms with Crippen molar-refractivity contribution in [1.82, 2.24) is 0 Å². The van der Waals surface area contributed by atoms with Gasteiger partial charge in [-0.25, -0.2) is 8.37 Å². The molecule has 8 fully saturated rings. The van der Waals surface area contributed by atoms with E-state index in [4.69, 9.17) is 103 Å². The Morgan fingerprint density at radius 1 is 0.424 bits per heavy atom. The highest BCUT2D eigenvalue weighted by molar-refractivity contribution is 7.81. The Kier molecular flexibility index (Phi) is 26.2. The van der Waals surface area contributed by atoms with Gasteiger partial charge in [-0.15, -0.1) is 0 Å². The van der Waals surface area contributed by atoms with Crippen LogP contribution >= 0.6 is 0 Å². The average molecular weight is 1380 g/mol. The molecule has 0 aliphatic carbocycles. The minimum atomic E-state index is -5.15. The summed E-state index contributed by atoms with van der Waals surface area (Å²) in [6, 6.07) is 3.54. The lowest BCUT2D eigenvalue weighted by atomic mass is 9.96. The molecule has 0 bridgehead atoms. The van der Waals surface area contributed by atoms with Gasteiger partial charge in [0.05, 0.1) is 108 Å². The van der Waals surface area contributed by atoms with Crippen LogP contribution < -0.4 is 22.9 Å². The fourth-order valence-electron chi connectivity index (χ4n) is 11.5. The van der Waals surface area contributed by atoms with Crippen molar-refractivity contribution in [2.45, 2.75) is 229 Å². The fraction of sp³-hybridized carbons (Fsp3) is 0.882. The number of benzene rings is 1. The van der Waals surface area contributed by atoms with Crippen molar-refractivity contribution in [3.05, 3.63) is 35.9 Å². The van der Waals surface area contributed by atoms with Crippen molar-refractivity contribution < 1.29 is 166 Å². The standard InChI is InChI=1S/C51H84N4O35S2/c52-36-40(62)46(30(80-48(36)66)17-78-91(67,68)69)88-33-7-21(59)27(14-76-33)83-49-37(53)41(63)44(25(10-56)81-49)87-32-6-20(58)29(16-75-32)85-51-39(55)43(65)47(31(86-51)18-79-92(70,71)72)89-34-8-22(60)28(15-77-34)84-50-38(54)42(64)45(26(11-57)82-50)90-35-9-24(23(61)13-74-35)73-12-19-4-2-1-3-5-19/h1-5,20-51,56-66H,6-18,52-55H2,(H,67,68,69)(H,70,71,72)/t20-,21-,22-,23+,24-,25?,26?,27+,28+,29+,30?,31?,32-,33-,34-,35-,36?,37?,38?,39?,40+,41+,42+,43+,44-,45-,46+,47+,48-,49+,50-,51-/m0/s1. The Morgan fingerprint density at radius 3 is 1.15 bits per heavy atom. The molecule has 8 aliphatic heterocycles. The van der Waals surface area contributed by atoms with Crippen molar-refractivity contribution in [2.75, 3.05) is 52.9 Å². The molecule has 8 unspecified atom stereocenters. The van der Waals surface area contributed by atoms with Crippen molar-refractivity contribution in [2.24, 2.45) is 22.9 Å². The zero-order valence-electron chi connectivity index (χ0n) is 49.0. The lowest BCUT2D eigenvalue weighted by Crippen LogP contribution is -2.66. The van der Waals surface area contributed by atoms with E-state index >= 15 is 0 Å². The first-order valence-electron chi connectivity index (χ1n) is 29.5. The van der Waals surface area contributed by atoms with Gasteiger partial charge in [-0.05, 0) is 5.56 Å². The number of rotatable bonds is 25. The van der Waals surface area contributed by atoms with E-state index in [1.807, 2.05) is 30.3 Å². The first-order valence-corrected chi connectivity index (χ1v) is 32.2. The normalized spacial score (nSPS) is 46.0. The molecule has 0 amide bonds. The predicted molar refractivity (Wildman–Crippen MR) is 293 cm³/mol. The molecule has 0 spiro atoms. The van der Waals surface area contributed by atoms with Gasteiger partial charge in [-0.1, -0.05) is 30.3 Å². The Labute approximate surface area is 526 Å². The molecule has 1 aromatic rings. The van der Waals surface area contributed by atoms with Crippen LogP contribution in [0, 0.1) is 0 Å². The molecular formula is C51H84N4O35S2. The second kappa shape index (κ2) is 32.6. The van der Waals surface area contributed by atoms with E-state index in [1.165, 1.54) is 0 Å². The van der Waals surface area contributed by atoms with E-state index < -0.39 is 264 Å². The molecule has 0 saturated carbocycles. The molecule has 32 atom stereocenters. The number of hydrogen-bond acceptors (Lipinski definition) is 37. The molecule has 0 radical (unpaired) electrons. The maximum atomic E-state index is 11.8. The third kappa shape index (κ3) is 18.9. The van der Waals surface area contributed by atoms with Gasteiger partial charge in [-0.2, -0.15) is 16.8 Å². The summed E-state index contributed by atoms with van der Waals surface area (Å²) in [5.41, 5.74) is 25.8. The maximum Gasteiger partial charge on any atom is 0.397 e. The van der Waals surface area contributed by atoms with Crippen LogP contribution in [-0.4, -0.2) is 332 Å². The average Bonchev–Trinajstić information content (AvgIpc) is 0.821. The van der Waals surface area contributed by atoms with Crippen molar-refractivity contribution in [3.8, 4) is 0 Å². The summed E-state index contributed by atoms with van der Waals surface area (Å²) in [4.78, 5) is 0. The number of nitrogens with two attached hydrogens (primary N) is 4. The van der Waals surface area contributed by atoms with E-state index in [1.54, 1.807) is 0 Å². The lowest BCUT2D eigenvalue weighted by molar-refractivity contribution is -0.350. The number of aliphatic hydroxyl groups excluding tert-OH is 11. The summed E-state index contributed by atoms with van der Waals surface area (Å²) >= 11 is 0. The Bertz CT molecular complexity index is 2660. The maximum absolute atomic E-state index is 11.8. The number of hydrogen-bond donors (Lipinski definition) is 17. The van der Waals surface area contributed by atoms with Crippen LogP contribution in [0.2, 0.25) is 0 Å². The summed E-state index contributed by atoms with van der Waals surface area (Å²) in [6.07, 6.45) is -40.5. The summed E-state index contributed by atoms with van der Waals surface area (Å²) in [5.74, 6) is 0. The number of aliphatic hydroxyl groups is 11. The Morgan fingerprint density at radius 2 is 0.772 bits per heavy atom. The van der Waals surface area contributed by atoms with Gasteiger partial charge in [0.15, 0.2) is 50.3 Å². The molecular weight excluding hydrogens is 1290 g/mol. The van der Waals surface area contributed by atoms with E-state index in [0.29, 0.717) is 0 Å². The topological polar surface area (TPSA) is 601 Å². The SMILES string of the molecule is NC1[C@@H](O[C@@H]2CO[C@@H](O[C@H]3C(CO)O[C@H](O[C@@H]4CO[C@@H](O[C@@H]5C(COS(=O)(=O)O)O[C@H](O)C(N)[C@H]5O)C[C@@H]4O)C(N)[C@H]3O)C[C@@H]2O)OC(COS(=O)(=O)O)[C@@H](O[C@H]2C[C@H](O)[C@H](O[C@@H]3OC(CO)[C@H](O[C@H]4C[C@H](OCc5ccccc5)[C@H](O)CO4)[C@H](O)C3N)CO2)[C@@H]1O. The van der Waals surface area contributed by atoms with E-state index in [-0.39, 0.29) is 38.9 Å². The largest absolute Gasteiger partial charge is 0.397 e. The van der Waals surface area contributed by atoms with Crippen LogP contribution in [0.5, 0.6) is 0 Å². The van der Waals surface area contributed by atoms with Crippen molar-refractivity contribution >= 4 is 20.8 Å². The van der Waals surface area contributed by atoms with Gasteiger partial charge in [0.25, 0.3) is 0 Å². The fourth-order valence-corrected chi connectivity index (χ4v) is 12.2. The van der Waals surface area contributed by atoms with Gasteiger partial charge < -0.3 is 155 Å². The van der Waals surface area contributed by atoms with E-state index in [2.05, 4.69) is 8.37 Å². The molecule has 41 heteroatoms. The Hall–Kier alpha value is -2.28. The lowest BCUT2D eigenvalue weighted by Gasteiger charge is -2.47. The molecule has 21 N–H and O–H groups in total. The third-order valence-corrected chi connectivity index (χ3v) is 17.6. The molecule has 39 nitrogen and oxygen atoms in total. The number of ether oxygens (including phenoxy) is 16. The predicted octanol–water partition coefficient (Wildman–Crippen LogP) is -10.0. The smallest absolute Gasteiger partial charge is 0.394 e. The molecule has 8 aliphatic rings. The van der Waals surface area contributed by atoms with Crippen LogP contribution in [-0.2, 0) is 112 Å². The second-order valence-electron chi connectivity index (χ2n) is 23.3. The quantitative estimate of drug-likeness (QED) is 0.0404. The molecule has 9 rings (SSSR count). The zero-order valence-corrected chi connectivity index (χ0v) is 50.6. The molecule has 8 saturated heterocycles. The summed E-state index contributed by atoms with van der Waals surface area (Å²) < 4.78 is 167. The molecule has 530 valence electrons. The van der Waals surface area contributed by atoms with Gasteiger partial charge in [0.2, 0.25) is 0 Å². The molecule has 1 aromatic carbocycles. The van der Waals surface area contributed by atoms with Gasteiger partial charge in [0.1, 0.15) is 97.7 Å². The second-order valence-corrected chi connectivity index (χ2v) is 25.5. The van der Waals surface area contributed by atoms with Gasteiger partial charge in [0, 0.05) is 25.7 Å². The van der Waals surface area contributed by atoms with Gasteiger partial charge >= 0.3 is 20.8 Å². The highest BCUT2D eigenvalue weighted by Gasteiger charge is 2.54. The summed E-state index contributed by atoms with van der Waals surface area (Å²) in [5, 5.41) is 120. The van der Waals surface area contributed by atoms with Crippen LogP contribution in [0.1, 0.15) is 31.2 Å². The molecule has 0 aromatic heterocycles. The monoisotopic (exact) mass is 1380 g/mol. The van der Waals surface area contributed by atoms with Gasteiger partial charge in [-0.3, -0.25) is 9.11 Å². The Balaban J connectivity index is 0.728. The first kappa shape index (κ1) is 74.0. The summed E-state index contributed by atoms with van der Waals surface area (Å²) in [7, 11) is -10.1. The van der Waals surface area contributed by atoms with Crippen molar-refractivity contribution in [1.29, 1.82) is 0 Å².